The highest BCUT2D eigenvalue weighted by molar-refractivity contribution is 7.98. The number of aliphatic hydroxyl groups is 3. The Bertz CT molecular complexity index is 841. The van der Waals surface area contributed by atoms with E-state index in [0.29, 0.717) is 30.9 Å². The van der Waals surface area contributed by atoms with E-state index in [4.69, 9.17) is 0 Å². The van der Waals surface area contributed by atoms with Gasteiger partial charge in [0.05, 0.1) is 18.3 Å². The third kappa shape index (κ3) is 5.33. The van der Waals surface area contributed by atoms with Crippen LogP contribution in [0.4, 0.5) is 0 Å². The molecule has 0 saturated heterocycles. The molecule has 4 aliphatic carbocycles. The number of amides is 1. The lowest BCUT2D eigenvalue weighted by Gasteiger charge is -2.63. The number of aliphatic hydroxyl groups excluding tert-OH is 3. The predicted octanol–water partition coefficient (Wildman–Crippen LogP) is 3.69. The van der Waals surface area contributed by atoms with Crippen LogP contribution in [0.3, 0.4) is 0 Å². The van der Waals surface area contributed by atoms with Gasteiger partial charge in [-0.15, -0.1) is 0 Å². The summed E-state index contributed by atoms with van der Waals surface area (Å²) in [6, 6.07) is -0.848. The summed E-state index contributed by atoms with van der Waals surface area (Å²) < 4.78 is 0. The van der Waals surface area contributed by atoms with Crippen molar-refractivity contribution in [1.29, 1.82) is 0 Å². The Morgan fingerprint density at radius 3 is 2.43 bits per heavy atom. The van der Waals surface area contributed by atoms with E-state index in [0.717, 1.165) is 38.5 Å². The lowest BCUT2D eigenvalue weighted by atomic mass is 9.43. The molecule has 0 spiro atoms. The topological polar surface area (TPSA) is 127 Å². The van der Waals surface area contributed by atoms with Gasteiger partial charge in [-0.3, -0.25) is 4.79 Å². The number of hydrogen-bond donors (Lipinski definition) is 5. The molecule has 4 fully saturated rings. The lowest BCUT2D eigenvalue weighted by molar-refractivity contribution is -0.207. The maximum Gasteiger partial charge on any atom is 0.326 e. The van der Waals surface area contributed by atoms with Crippen LogP contribution in [-0.4, -0.2) is 68.7 Å². The summed E-state index contributed by atoms with van der Waals surface area (Å²) in [5.74, 6) is 0.973. The zero-order valence-corrected chi connectivity index (χ0v) is 23.9. The quantitative estimate of drug-likeness (QED) is 0.302. The first kappa shape index (κ1) is 29.2. The van der Waals surface area contributed by atoms with Gasteiger partial charge in [0.2, 0.25) is 5.91 Å². The third-order valence-electron chi connectivity index (χ3n) is 11.6. The Hall–Kier alpha value is -0.830. The average molecular weight is 540 g/mol. The summed E-state index contributed by atoms with van der Waals surface area (Å²) in [4.78, 5) is 24.1. The second-order valence-corrected chi connectivity index (χ2v) is 14.3. The zero-order chi connectivity index (χ0) is 27.1. The molecule has 4 aliphatic rings. The van der Waals surface area contributed by atoms with E-state index in [1.165, 1.54) is 0 Å². The van der Waals surface area contributed by atoms with Gasteiger partial charge in [0.25, 0.3) is 0 Å². The normalized spacial score (nSPS) is 44.7. The first-order chi connectivity index (χ1) is 17.4. The van der Waals surface area contributed by atoms with Gasteiger partial charge in [-0.25, -0.2) is 4.79 Å². The average Bonchev–Trinajstić information content (AvgIpc) is 3.20. The minimum atomic E-state index is -0.990. The molecular weight excluding hydrogens is 490 g/mol. The first-order valence-corrected chi connectivity index (χ1v) is 15.9. The summed E-state index contributed by atoms with van der Waals surface area (Å²) in [6.45, 7) is 6.74. The van der Waals surface area contributed by atoms with Crippen LogP contribution in [0.1, 0.15) is 85.0 Å². The van der Waals surface area contributed by atoms with Crippen molar-refractivity contribution in [2.24, 2.45) is 46.3 Å². The molecule has 12 atom stereocenters. The number of nitrogens with one attached hydrogen (secondary N) is 1. The molecule has 8 heteroatoms. The Morgan fingerprint density at radius 2 is 1.76 bits per heavy atom. The number of carbonyl (C=O) groups excluding carboxylic acids is 1. The summed E-state index contributed by atoms with van der Waals surface area (Å²) in [7, 11) is 0. The number of thioether (sulfide) groups is 1. The van der Waals surface area contributed by atoms with Crippen LogP contribution in [0.15, 0.2) is 0 Å². The molecule has 4 rings (SSSR count). The van der Waals surface area contributed by atoms with Crippen molar-refractivity contribution in [3.63, 3.8) is 0 Å². The molecule has 0 radical (unpaired) electrons. The Balaban J connectivity index is 1.43. The Labute approximate surface area is 226 Å². The number of aliphatic carboxylic acids is 1. The van der Waals surface area contributed by atoms with Crippen LogP contribution in [0.5, 0.6) is 0 Å². The fraction of sp³-hybridized carbons (Fsp3) is 0.931. The maximum atomic E-state index is 12.6. The van der Waals surface area contributed by atoms with Crippen LogP contribution in [-0.2, 0) is 9.59 Å². The molecule has 0 unspecified atom stereocenters. The molecule has 1 amide bonds. The number of rotatable bonds is 9. The van der Waals surface area contributed by atoms with Gasteiger partial charge >= 0.3 is 5.97 Å². The SMILES string of the molecule is CSCC[C@H](NC(=O)CC[C@@H](C)[C@H]1CC[C@H]2[C@@H]3[C@H](O)C[C@@H]4C[C@H](O)CC[C@]4(C)[C@H]3C[C@H](O)[C@]12C)C(=O)O. The smallest absolute Gasteiger partial charge is 0.326 e. The second-order valence-electron chi connectivity index (χ2n) is 13.3. The van der Waals surface area contributed by atoms with Crippen molar-refractivity contribution >= 4 is 23.6 Å². The molecule has 7 nitrogen and oxygen atoms in total. The van der Waals surface area contributed by atoms with E-state index in [2.05, 4.69) is 26.1 Å². The lowest BCUT2D eigenvalue weighted by Crippen LogP contribution is -2.62. The van der Waals surface area contributed by atoms with E-state index in [1.54, 1.807) is 11.8 Å². The van der Waals surface area contributed by atoms with Gasteiger partial charge in [-0.05, 0) is 116 Å². The minimum absolute atomic E-state index is 0.0597. The summed E-state index contributed by atoms with van der Waals surface area (Å²) in [5.41, 5.74) is -0.235. The first-order valence-electron chi connectivity index (χ1n) is 14.5. The van der Waals surface area contributed by atoms with E-state index in [1.807, 2.05) is 6.26 Å². The fourth-order valence-electron chi connectivity index (χ4n) is 9.45. The monoisotopic (exact) mass is 539 g/mol. The van der Waals surface area contributed by atoms with Gasteiger partial charge < -0.3 is 25.7 Å². The van der Waals surface area contributed by atoms with Gasteiger partial charge in [0.15, 0.2) is 0 Å². The highest BCUT2D eigenvalue weighted by Crippen LogP contribution is 2.68. The molecule has 0 bridgehead atoms. The van der Waals surface area contributed by atoms with Crippen molar-refractivity contribution in [2.75, 3.05) is 12.0 Å². The summed E-state index contributed by atoms with van der Waals surface area (Å²) in [5, 5.41) is 45.5. The largest absolute Gasteiger partial charge is 0.480 e. The highest BCUT2D eigenvalue weighted by Gasteiger charge is 2.65. The van der Waals surface area contributed by atoms with Crippen LogP contribution in [0.2, 0.25) is 0 Å². The Morgan fingerprint density at radius 1 is 1.03 bits per heavy atom. The van der Waals surface area contributed by atoms with Crippen molar-refractivity contribution in [2.45, 2.75) is 109 Å². The van der Waals surface area contributed by atoms with E-state index in [-0.39, 0.29) is 65.0 Å². The van der Waals surface area contributed by atoms with Crippen molar-refractivity contribution in [1.82, 2.24) is 5.32 Å². The Kier molecular flexibility index (Phi) is 8.94. The number of fused-ring (bicyclic) bond motifs is 5. The number of carboxylic acids is 1. The highest BCUT2D eigenvalue weighted by atomic mass is 32.2. The molecule has 0 heterocycles. The van der Waals surface area contributed by atoms with E-state index >= 15 is 0 Å². The van der Waals surface area contributed by atoms with Crippen LogP contribution in [0.25, 0.3) is 0 Å². The van der Waals surface area contributed by atoms with Gasteiger partial charge in [-0.1, -0.05) is 20.8 Å². The van der Waals surface area contributed by atoms with E-state index < -0.39 is 18.1 Å². The third-order valence-corrected chi connectivity index (χ3v) is 12.2. The van der Waals surface area contributed by atoms with Crippen molar-refractivity contribution in [3.05, 3.63) is 0 Å². The summed E-state index contributed by atoms with van der Waals surface area (Å²) in [6.07, 6.45) is 8.15. The number of carboxylic acid groups (broad SMARTS) is 1. The number of hydrogen-bond acceptors (Lipinski definition) is 6. The molecule has 0 aromatic heterocycles. The standard InChI is InChI=1S/C29H49NO6S/c1-16(5-8-25(34)30-22(27(35)36)10-12-37-4)19-6-7-20-26-21(15-24(33)29(19,20)3)28(2)11-9-18(31)13-17(28)14-23(26)32/h16-24,26,31-33H,5-15H2,1-4H3,(H,30,34)(H,35,36)/t16-,17+,18-,19-,20+,21+,22+,23-,24+,26+,28+,29-/m1/s1. The fourth-order valence-corrected chi connectivity index (χ4v) is 9.92. The maximum absolute atomic E-state index is 12.6. The second kappa shape index (κ2) is 11.3. The molecule has 5 N–H and O–H groups in total. The molecule has 37 heavy (non-hydrogen) atoms. The predicted molar refractivity (Wildman–Crippen MR) is 145 cm³/mol. The van der Waals surface area contributed by atoms with Crippen LogP contribution in [0, 0.1) is 46.3 Å². The van der Waals surface area contributed by atoms with Gasteiger partial charge in [0.1, 0.15) is 6.04 Å². The van der Waals surface area contributed by atoms with Crippen molar-refractivity contribution in [3.8, 4) is 0 Å². The minimum Gasteiger partial charge on any atom is -0.480 e. The number of carbonyl (C=O) groups is 2. The zero-order valence-electron chi connectivity index (χ0n) is 23.1. The molecule has 0 aliphatic heterocycles. The van der Waals surface area contributed by atoms with Crippen LogP contribution >= 0.6 is 11.8 Å². The molecule has 212 valence electrons. The van der Waals surface area contributed by atoms with Crippen LogP contribution < -0.4 is 5.32 Å². The molecular formula is C29H49NO6S. The van der Waals surface area contributed by atoms with Gasteiger partial charge in [0, 0.05) is 6.42 Å². The van der Waals surface area contributed by atoms with E-state index in [9.17, 15) is 30.0 Å². The van der Waals surface area contributed by atoms with Gasteiger partial charge in [-0.2, -0.15) is 11.8 Å². The summed E-state index contributed by atoms with van der Waals surface area (Å²) >= 11 is 1.57. The molecule has 0 aromatic carbocycles. The van der Waals surface area contributed by atoms with Crippen molar-refractivity contribution < 1.29 is 30.0 Å². The molecule has 4 saturated carbocycles. The molecule has 0 aromatic rings.